The Hall–Kier alpha value is -1.33. The monoisotopic (exact) mass is 267 g/mol. The average molecular weight is 267 g/mol. The molecular formula is C13H14FNO2S. The van der Waals surface area contributed by atoms with Crippen LogP contribution in [0.4, 0.5) is 4.39 Å². The Bertz CT molecular complexity index is 482. The normalized spacial score (nSPS) is 17.2. The first-order valence-corrected chi connectivity index (χ1v) is 6.53. The molecule has 0 spiro atoms. The third-order valence-electron chi connectivity index (χ3n) is 2.42. The van der Waals surface area contributed by atoms with Crippen LogP contribution < -0.4 is 5.48 Å². The molecule has 0 unspecified atom stereocenters. The van der Waals surface area contributed by atoms with Crippen molar-refractivity contribution in [1.82, 2.24) is 5.48 Å². The fourth-order valence-electron chi connectivity index (χ4n) is 1.49. The van der Waals surface area contributed by atoms with Crippen molar-refractivity contribution in [3.63, 3.8) is 0 Å². The predicted molar refractivity (Wildman–Crippen MR) is 69.6 cm³/mol. The van der Waals surface area contributed by atoms with E-state index in [4.69, 9.17) is 4.84 Å². The topological polar surface area (TPSA) is 38.3 Å². The fraction of sp³-hybridized carbons (Fsp3) is 0.308. The second-order valence-electron chi connectivity index (χ2n) is 4.53. The summed E-state index contributed by atoms with van der Waals surface area (Å²) in [5, 5.41) is 0.829. The number of thioether (sulfide) groups is 1. The summed E-state index contributed by atoms with van der Waals surface area (Å²) < 4.78 is 12.7. The lowest BCUT2D eigenvalue weighted by molar-refractivity contribution is -0.0126. The number of nitrogens with one attached hydrogen (secondary N) is 1. The minimum Gasteiger partial charge on any atom is -0.293 e. The number of hydroxylamine groups is 1. The maximum Gasteiger partial charge on any atom is 0.173 e. The highest BCUT2D eigenvalue weighted by Crippen LogP contribution is 2.26. The largest absolute Gasteiger partial charge is 0.293 e. The van der Waals surface area contributed by atoms with Gasteiger partial charge in [0.05, 0.1) is 10.8 Å². The quantitative estimate of drug-likeness (QED) is 0.851. The van der Waals surface area contributed by atoms with E-state index in [2.05, 4.69) is 5.48 Å². The van der Waals surface area contributed by atoms with Crippen LogP contribution in [0, 0.1) is 5.82 Å². The van der Waals surface area contributed by atoms with Gasteiger partial charge in [-0.3, -0.25) is 15.1 Å². The third kappa shape index (κ3) is 3.34. The van der Waals surface area contributed by atoms with E-state index in [1.807, 2.05) is 19.9 Å². The maximum atomic E-state index is 12.7. The lowest BCUT2D eigenvalue weighted by atomic mass is 10.1. The highest BCUT2D eigenvalue weighted by Gasteiger charge is 2.24. The van der Waals surface area contributed by atoms with Crippen molar-refractivity contribution >= 4 is 17.5 Å². The number of Topliss-reactive ketones (excluding diaryl/α,β-unsaturated/α-hetero) is 1. The molecule has 0 atom stereocenters. The van der Waals surface area contributed by atoms with Crippen LogP contribution in [-0.4, -0.2) is 17.1 Å². The molecule has 0 saturated carbocycles. The molecule has 1 N–H and O–H groups in total. The molecule has 96 valence electrons. The molecule has 0 radical (unpaired) electrons. The number of carbonyl (C=O) groups is 1. The number of ketones is 1. The highest BCUT2D eigenvalue weighted by molar-refractivity contribution is 8.03. The average Bonchev–Trinajstić information content (AvgIpc) is 2.67. The molecule has 0 aliphatic carbocycles. The third-order valence-corrected chi connectivity index (χ3v) is 3.34. The van der Waals surface area contributed by atoms with Gasteiger partial charge in [-0.2, -0.15) is 0 Å². The van der Waals surface area contributed by atoms with E-state index in [1.165, 1.54) is 36.0 Å². The van der Waals surface area contributed by atoms with Crippen molar-refractivity contribution in [3.05, 3.63) is 46.8 Å². The fourth-order valence-corrected chi connectivity index (χ4v) is 2.41. The highest BCUT2D eigenvalue weighted by atomic mass is 32.2. The zero-order chi connectivity index (χ0) is 13.2. The molecule has 0 saturated heterocycles. The number of hydrogen-bond donors (Lipinski definition) is 1. The Morgan fingerprint density at radius 3 is 2.61 bits per heavy atom. The van der Waals surface area contributed by atoms with Gasteiger partial charge in [-0.05, 0) is 44.2 Å². The van der Waals surface area contributed by atoms with Crippen molar-refractivity contribution in [2.45, 2.75) is 19.4 Å². The van der Waals surface area contributed by atoms with Gasteiger partial charge in [-0.1, -0.05) is 11.8 Å². The Kier molecular flexibility index (Phi) is 3.73. The summed E-state index contributed by atoms with van der Waals surface area (Å²) in [5.41, 5.74) is 2.95. The molecule has 0 fully saturated rings. The first kappa shape index (κ1) is 13.1. The second kappa shape index (κ2) is 5.12. The van der Waals surface area contributed by atoms with Crippen LogP contribution in [0.1, 0.15) is 24.2 Å². The van der Waals surface area contributed by atoms with E-state index < -0.39 is 0 Å². The summed E-state index contributed by atoms with van der Waals surface area (Å²) in [5.74, 6) is -0.0777. The summed E-state index contributed by atoms with van der Waals surface area (Å²) in [6.07, 6.45) is 1.93. The van der Waals surface area contributed by atoms with Crippen LogP contribution in [0.3, 0.4) is 0 Å². The van der Waals surface area contributed by atoms with Gasteiger partial charge >= 0.3 is 0 Å². The Balaban J connectivity index is 1.91. The van der Waals surface area contributed by atoms with Crippen molar-refractivity contribution < 1.29 is 14.0 Å². The van der Waals surface area contributed by atoms with Crippen molar-refractivity contribution in [2.75, 3.05) is 5.75 Å². The first-order chi connectivity index (χ1) is 8.46. The lowest BCUT2D eigenvalue weighted by Gasteiger charge is -2.11. The molecule has 1 aliphatic rings. The van der Waals surface area contributed by atoms with Crippen LogP contribution in [0.5, 0.6) is 0 Å². The molecule has 5 heteroatoms. The van der Waals surface area contributed by atoms with Crippen LogP contribution in [0.15, 0.2) is 35.4 Å². The smallest absolute Gasteiger partial charge is 0.173 e. The number of rotatable bonds is 4. The zero-order valence-corrected chi connectivity index (χ0v) is 11.0. The van der Waals surface area contributed by atoms with Crippen LogP contribution in [-0.2, 0) is 4.84 Å². The van der Waals surface area contributed by atoms with Crippen LogP contribution in [0.25, 0.3) is 0 Å². The Morgan fingerprint density at radius 1 is 1.39 bits per heavy atom. The molecule has 1 heterocycles. The van der Waals surface area contributed by atoms with Crippen LogP contribution >= 0.6 is 11.8 Å². The minimum absolute atomic E-state index is 0.0348. The van der Waals surface area contributed by atoms with Gasteiger partial charge in [0, 0.05) is 5.56 Å². The molecule has 0 bridgehead atoms. The van der Waals surface area contributed by atoms with Gasteiger partial charge < -0.3 is 0 Å². The number of benzene rings is 1. The van der Waals surface area contributed by atoms with Gasteiger partial charge in [0.25, 0.3) is 0 Å². The van der Waals surface area contributed by atoms with E-state index in [1.54, 1.807) is 0 Å². The SMILES string of the molecule is CC1(C)C=C(SCC(=O)c2ccc(F)cc2)NO1. The summed E-state index contributed by atoms with van der Waals surface area (Å²) in [6.45, 7) is 3.85. The van der Waals surface area contributed by atoms with Crippen molar-refractivity contribution in [3.8, 4) is 0 Å². The molecule has 0 aromatic heterocycles. The summed E-state index contributed by atoms with van der Waals surface area (Å²) in [7, 11) is 0. The lowest BCUT2D eigenvalue weighted by Crippen LogP contribution is -2.20. The number of carbonyl (C=O) groups excluding carboxylic acids is 1. The maximum absolute atomic E-state index is 12.7. The molecule has 1 aliphatic heterocycles. The van der Waals surface area contributed by atoms with Crippen LogP contribution in [0.2, 0.25) is 0 Å². The summed E-state index contributed by atoms with van der Waals surface area (Å²) in [4.78, 5) is 17.1. The first-order valence-electron chi connectivity index (χ1n) is 5.55. The molecule has 0 amide bonds. The van der Waals surface area contributed by atoms with E-state index in [9.17, 15) is 9.18 Å². The molecule has 18 heavy (non-hydrogen) atoms. The Morgan fingerprint density at radius 2 is 2.06 bits per heavy atom. The summed E-state index contributed by atoms with van der Waals surface area (Å²) in [6, 6.07) is 5.57. The summed E-state index contributed by atoms with van der Waals surface area (Å²) >= 11 is 1.38. The minimum atomic E-state index is -0.346. The molecule has 2 rings (SSSR count). The molecular weight excluding hydrogens is 253 g/mol. The van der Waals surface area contributed by atoms with Crippen molar-refractivity contribution in [1.29, 1.82) is 0 Å². The van der Waals surface area contributed by atoms with E-state index in [0.717, 1.165) is 5.03 Å². The Labute approximate surface area is 109 Å². The predicted octanol–water partition coefficient (Wildman–Crippen LogP) is 2.90. The zero-order valence-electron chi connectivity index (χ0n) is 10.2. The van der Waals surface area contributed by atoms with E-state index >= 15 is 0 Å². The van der Waals surface area contributed by atoms with E-state index in [-0.39, 0.29) is 17.2 Å². The molecule has 1 aromatic rings. The molecule has 3 nitrogen and oxygen atoms in total. The second-order valence-corrected chi connectivity index (χ2v) is 5.55. The number of hydrogen-bond acceptors (Lipinski definition) is 4. The van der Waals surface area contributed by atoms with E-state index in [0.29, 0.717) is 11.3 Å². The molecule has 1 aromatic carbocycles. The van der Waals surface area contributed by atoms with Gasteiger partial charge in [0.1, 0.15) is 11.4 Å². The standard InChI is InChI=1S/C13H14FNO2S/c1-13(2)7-12(15-17-13)18-8-11(16)9-3-5-10(14)6-4-9/h3-7,15H,8H2,1-2H3. The van der Waals surface area contributed by atoms with Crippen molar-refractivity contribution in [2.24, 2.45) is 0 Å². The van der Waals surface area contributed by atoms with Gasteiger partial charge in [-0.25, -0.2) is 4.39 Å². The van der Waals surface area contributed by atoms with Gasteiger partial charge in [-0.15, -0.1) is 0 Å². The number of halogens is 1. The van der Waals surface area contributed by atoms with Gasteiger partial charge in [0.15, 0.2) is 5.78 Å². The van der Waals surface area contributed by atoms with Gasteiger partial charge in [0.2, 0.25) is 0 Å².